The van der Waals surface area contributed by atoms with Gasteiger partial charge in [-0.1, -0.05) is 12.8 Å². The Bertz CT molecular complexity index is 1200. The number of rotatable bonds is 4. The van der Waals surface area contributed by atoms with Gasteiger partial charge in [0.05, 0.1) is 0 Å². The maximum Gasteiger partial charge on any atom is 0.270 e. The Balaban J connectivity index is 1.57. The fourth-order valence-electron chi connectivity index (χ4n) is 4.25. The lowest BCUT2D eigenvalue weighted by molar-refractivity contribution is 0.0815. The number of anilines is 2. The minimum absolute atomic E-state index is 0.00215. The van der Waals surface area contributed by atoms with Gasteiger partial charge < -0.3 is 19.8 Å². The minimum atomic E-state index is 0.00215. The minimum Gasteiger partial charge on any atom is -0.361 e. The first-order chi connectivity index (χ1) is 14.1. The standard InChI is InChI=1S/C22H24N6O/c1-27(2)21(29)19-12-15-13-24-22(26-20(15)28(19)17-5-3-4-6-17)25-16-7-8-18-14(11-16)9-10-23-18/h7-13,17,23H,3-6H2,1-2H3,(H,24,25,26). The molecule has 0 atom stereocenters. The van der Waals surface area contributed by atoms with Crippen LogP contribution < -0.4 is 5.32 Å². The van der Waals surface area contributed by atoms with Crippen LogP contribution in [0.15, 0.2) is 42.7 Å². The smallest absolute Gasteiger partial charge is 0.270 e. The molecule has 0 saturated heterocycles. The molecule has 148 valence electrons. The van der Waals surface area contributed by atoms with Crippen molar-refractivity contribution in [3.05, 3.63) is 48.4 Å². The third-order valence-corrected chi connectivity index (χ3v) is 5.70. The Morgan fingerprint density at radius 2 is 2.00 bits per heavy atom. The molecule has 0 aliphatic heterocycles. The zero-order chi connectivity index (χ0) is 20.0. The van der Waals surface area contributed by atoms with E-state index in [9.17, 15) is 4.79 Å². The zero-order valence-electron chi connectivity index (χ0n) is 16.6. The van der Waals surface area contributed by atoms with E-state index in [0.29, 0.717) is 17.7 Å². The fourth-order valence-corrected chi connectivity index (χ4v) is 4.25. The van der Waals surface area contributed by atoms with E-state index in [4.69, 9.17) is 4.98 Å². The summed E-state index contributed by atoms with van der Waals surface area (Å²) in [5, 5.41) is 5.34. The number of aromatic amines is 1. The van der Waals surface area contributed by atoms with E-state index in [1.165, 1.54) is 12.8 Å². The largest absolute Gasteiger partial charge is 0.361 e. The number of carbonyl (C=O) groups is 1. The highest BCUT2D eigenvalue weighted by Crippen LogP contribution is 2.35. The lowest BCUT2D eigenvalue weighted by Gasteiger charge is -2.19. The highest BCUT2D eigenvalue weighted by molar-refractivity contribution is 5.98. The molecule has 0 bridgehead atoms. The number of hydrogen-bond donors (Lipinski definition) is 2. The lowest BCUT2D eigenvalue weighted by Crippen LogP contribution is -2.25. The number of nitrogens with one attached hydrogen (secondary N) is 2. The van der Waals surface area contributed by atoms with Crippen LogP contribution in [0.4, 0.5) is 11.6 Å². The summed E-state index contributed by atoms with van der Waals surface area (Å²) in [5.74, 6) is 0.538. The van der Waals surface area contributed by atoms with Crippen LogP contribution in [0, 0.1) is 0 Å². The van der Waals surface area contributed by atoms with Gasteiger partial charge in [0.1, 0.15) is 11.3 Å². The second kappa shape index (κ2) is 6.92. The second-order valence-electron chi connectivity index (χ2n) is 7.91. The van der Waals surface area contributed by atoms with Gasteiger partial charge in [-0.25, -0.2) is 4.98 Å². The van der Waals surface area contributed by atoms with Gasteiger partial charge in [0, 0.05) is 54.5 Å². The van der Waals surface area contributed by atoms with Crippen molar-refractivity contribution in [2.24, 2.45) is 0 Å². The predicted molar refractivity (Wildman–Crippen MR) is 115 cm³/mol. The normalized spacial score (nSPS) is 14.7. The number of hydrogen-bond acceptors (Lipinski definition) is 4. The molecule has 1 aromatic carbocycles. The van der Waals surface area contributed by atoms with Crippen molar-refractivity contribution in [3.63, 3.8) is 0 Å². The third-order valence-electron chi connectivity index (χ3n) is 5.70. The van der Waals surface area contributed by atoms with Gasteiger partial charge in [-0.2, -0.15) is 4.98 Å². The first-order valence-electron chi connectivity index (χ1n) is 10.0. The molecule has 7 heteroatoms. The topological polar surface area (TPSA) is 78.8 Å². The molecule has 0 unspecified atom stereocenters. The highest BCUT2D eigenvalue weighted by atomic mass is 16.2. The van der Waals surface area contributed by atoms with E-state index in [2.05, 4.69) is 25.9 Å². The van der Waals surface area contributed by atoms with Crippen LogP contribution in [0.2, 0.25) is 0 Å². The Morgan fingerprint density at radius 1 is 1.17 bits per heavy atom. The maximum atomic E-state index is 12.8. The van der Waals surface area contributed by atoms with E-state index >= 15 is 0 Å². The molecule has 1 aliphatic carbocycles. The molecule has 1 amide bonds. The molecule has 1 saturated carbocycles. The first kappa shape index (κ1) is 17.7. The molecule has 0 spiro atoms. The molecule has 7 nitrogen and oxygen atoms in total. The Kier molecular flexibility index (Phi) is 4.23. The first-order valence-corrected chi connectivity index (χ1v) is 10.0. The van der Waals surface area contributed by atoms with E-state index < -0.39 is 0 Å². The summed E-state index contributed by atoms with van der Waals surface area (Å²) >= 11 is 0. The van der Waals surface area contributed by atoms with Crippen molar-refractivity contribution in [1.82, 2.24) is 24.4 Å². The average Bonchev–Trinajstić information content (AvgIpc) is 3.45. The summed E-state index contributed by atoms with van der Waals surface area (Å²) in [5.41, 5.74) is 3.54. The number of benzene rings is 1. The van der Waals surface area contributed by atoms with Gasteiger partial charge in [-0.05, 0) is 43.2 Å². The summed E-state index contributed by atoms with van der Waals surface area (Å²) < 4.78 is 2.13. The molecule has 1 aliphatic rings. The summed E-state index contributed by atoms with van der Waals surface area (Å²) in [7, 11) is 3.57. The summed E-state index contributed by atoms with van der Waals surface area (Å²) in [6.45, 7) is 0. The van der Waals surface area contributed by atoms with E-state index in [1.54, 1.807) is 25.2 Å². The van der Waals surface area contributed by atoms with Gasteiger partial charge in [0.25, 0.3) is 5.91 Å². The molecule has 0 radical (unpaired) electrons. The third kappa shape index (κ3) is 3.12. The van der Waals surface area contributed by atoms with Crippen molar-refractivity contribution >= 4 is 39.5 Å². The van der Waals surface area contributed by atoms with Crippen molar-refractivity contribution in [1.29, 1.82) is 0 Å². The van der Waals surface area contributed by atoms with Gasteiger partial charge in [-0.3, -0.25) is 4.79 Å². The number of carbonyl (C=O) groups excluding carboxylic acids is 1. The molecule has 2 N–H and O–H groups in total. The highest BCUT2D eigenvalue weighted by Gasteiger charge is 2.26. The van der Waals surface area contributed by atoms with E-state index in [0.717, 1.165) is 40.5 Å². The summed E-state index contributed by atoms with van der Waals surface area (Å²) in [6.07, 6.45) is 8.26. The molecule has 29 heavy (non-hydrogen) atoms. The van der Waals surface area contributed by atoms with Crippen molar-refractivity contribution in [3.8, 4) is 0 Å². The SMILES string of the molecule is CN(C)C(=O)c1cc2cnc(Nc3ccc4[nH]ccc4c3)nc2n1C1CCCC1. The number of fused-ring (bicyclic) bond motifs is 2. The summed E-state index contributed by atoms with van der Waals surface area (Å²) in [4.78, 5) is 26.9. The van der Waals surface area contributed by atoms with Crippen molar-refractivity contribution < 1.29 is 4.79 Å². The quantitative estimate of drug-likeness (QED) is 0.540. The van der Waals surface area contributed by atoms with Crippen LogP contribution in [-0.4, -0.2) is 44.4 Å². The molecule has 1 fully saturated rings. The van der Waals surface area contributed by atoms with Crippen LogP contribution in [0.25, 0.3) is 21.9 Å². The number of aromatic nitrogens is 4. The molecule has 4 aromatic rings. The lowest BCUT2D eigenvalue weighted by atomic mass is 10.2. The second-order valence-corrected chi connectivity index (χ2v) is 7.91. The monoisotopic (exact) mass is 388 g/mol. The Morgan fingerprint density at radius 3 is 2.79 bits per heavy atom. The molecular weight excluding hydrogens is 364 g/mol. The van der Waals surface area contributed by atoms with Gasteiger partial charge >= 0.3 is 0 Å². The Hall–Kier alpha value is -3.35. The van der Waals surface area contributed by atoms with Crippen molar-refractivity contribution in [2.75, 3.05) is 19.4 Å². The van der Waals surface area contributed by atoms with Gasteiger partial charge in [0.2, 0.25) is 5.95 Å². The van der Waals surface area contributed by atoms with Crippen LogP contribution in [0.1, 0.15) is 42.2 Å². The number of nitrogens with zero attached hydrogens (tertiary/aromatic N) is 4. The number of amides is 1. The van der Waals surface area contributed by atoms with Crippen LogP contribution in [-0.2, 0) is 0 Å². The van der Waals surface area contributed by atoms with E-state index in [-0.39, 0.29) is 5.91 Å². The number of H-pyrrole nitrogens is 1. The zero-order valence-corrected chi connectivity index (χ0v) is 16.6. The molecule has 3 aromatic heterocycles. The molecule has 3 heterocycles. The predicted octanol–water partition coefficient (Wildman–Crippen LogP) is 4.47. The maximum absolute atomic E-state index is 12.8. The van der Waals surface area contributed by atoms with Crippen LogP contribution in [0.5, 0.6) is 0 Å². The van der Waals surface area contributed by atoms with Gasteiger partial charge in [-0.15, -0.1) is 0 Å². The summed E-state index contributed by atoms with van der Waals surface area (Å²) in [6, 6.07) is 10.4. The fraction of sp³-hybridized carbons (Fsp3) is 0.318. The molecular formula is C22H24N6O. The van der Waals surface area contributed by atoms with Crippen LogP contribution in [0.3, 0.4) is 0 Å². The Labute approximate surface area is 168 Å². The average molecular weight is 388 g/mol. The molecule has 5 rings (SSSR count). The van der Waals surface area contributed by atoms with Gasteiger partial charge in [0.15, 0.2) is 0 Å². The van der Waals surface area contributed by atoms with E-state index in [1.807, 2.05) is 30.5 Å². The van der Waals surface area contributed by atoms with Crippen LogP contribution >= 0.6 is 0 Å². The van der Waals surface area contributed by atoms with Crippen molar-refractivity contribution in [2.45, 2.75) is 31.7 Å².